The van der Waals surface area contributed by atoms with Crippen molar-refractivity contribution in [3.05, 3.63) is 0 Å². The van der Waals surface area contributed by atoms with E-state index in [1.54, 1.807) is 0 Å². The van der Waals surface area contributed by atoms with Crippen molar-refractivity contribution in [1.82, 2.24) is 0 Å². The van der Waals surface area contributed by atoms with Gasteiger partial charge in [-0.2, -0.15) is 0 Å². The maximum atomic E-state index is 2.39. The quantitative estimate of drug-likeness (QED) is 0.571. The molecule has 0 atom stereocenters. The molecule has 0 aliphatic carbocycles. The summed E-state index contributed by atoms with van der Waals surface area (Å²) < 4.78 is 1.40. The highest BCUT2D eigenvalue weighted by Crippen LogP contribution is 2.23. The van der Waals surface area contributed by atoms with Crippen LogP contribution in [-0.4, -0.2) is 30.2 Å². The molecule has 1 heteroatoms. The second-order valence-electron chi connectivity index (χ2n) is 4.54. The summed E-state index contributed by atoms with van der Waals surface area (Å²) in [5.74, 6) is 0. The molecule has 1 fully saturated rings. The number of piperidine rings is 1. The molecule has 0 amide bonds. The summed E-state index contributed by atoms with van der Waals surface area (Å²) in [6.07, 6.45) is 5.73. The predicted molar refractivity (Wildman–Crippen MR) is 54.1 cm³/mol. The van der Waals surface area contributed by atoms with Crippen molar-refractivity contribution in [2.45, 2.75) is 52.5 Å². The molecule has 0 bridgehead atoms. The van der Waals surface area contributed by atoms with E-state index in [9.17, 15) is 0 Å². The van der Waals surface area contributed by atoms with Crippen LogP contribution in [0.4, 0.5) is 0 Å². The molecule has 0 unspecified atom stereocenters. The van der Waals surface area contributed by atoms with Crippen LogP contribution in [-0.2, 0) is 0 Å². The van der Waals surface area contributed by atoms with Crippen LogP contribution in [0.25, 0.3) is 0 Å². The van der Waals surface area contributed by atoms with E-state index in [2.05, 4.69) is 20.8 Å². The van der Waals surface area contributed by atoms with Crippen molar-refractivity contribution in [1.29, 1.82) is 0 Å². The Hall–Kier alpha value is -0.0400. The fraction of sp³-hybridized carbons (Fsp3) is 1.00. The largest absolute Gasteiger partial charge is 0.322 e. The van der Waals surface area contributed by atoms with Crippen molar-refractivity contribution < 1.29 is 4.48 Å². The van der Waals surface area contributed by atoms with Crippen molar-refractivity contribution >= 4 is 0 Å². The lowest BCUT2D eigenvalue weighted by molar-refractivity contribution is -0.951. The molecule has 1 rings (SSSR count). The topological polar surface area (TPSA) is 0 Å². The van der Waals surface area contributed by atoms with Crippen LogP contribution in [0.3, 0.4) is 0 Å². The molecule has 0 spiro atoms. The molecule has 72 valence electrons. The SMILES string of the molecule is CCC[N+]1(C(C)C)CCCCC1. The highest BCUT2D eigenvalue weighted by atomic mass is 15.4. The van der Waals surface area contributed by atoms with Gasteiger partial charge in [0.15, 0.2) is 0 Å². The van der Waals surface area contributed by atoms with Gasteiger partial charge >= 0.3 is 0 Å². The van der Waals surface area contributed by atoms with Crippen LogP contribution in [0, 0.1) is 0 Å². The Morgan fingerprint density at radius 3 is 2.08 bits per heavy atom. The minimum Gasteiger partial charge on any atom is -0.322 e. The van der Waals surface area contributed by atoms with Crippen molar-refractivity contribution in [2.75, 3.05) is 19.6 Å². The summed E-state index contributed by atoms with van der Waals surface area (Å²) in [4.78, 5) is 0. The zero-order chi connectivity index (χ0) is 9.03. The Bertz CT molecular complexity index is 117. The number of hydrogen-bond acceptors (Lipinski definition) is 0. The minimum atomic E-state index is 0.838. The fourth-order valence-corrected chi connectivity index (χ4v) is 2.59. The van der Waals surface area contributed by atoms with Gasteiger partial charge in [0.1, 0.15) is 0 Å². The predicted octanol–water partition coefficient (Wildman–Crippen LogP) is 2.81. The average Bonchev–Trinajstić information content (AvgIpc) is 2.06. The van der Waals surface area contributed by atoms with Gasteiger partial charge in [-0.25, -0.2) is 0 Å². The van der Waals surface area contributed by atoms with E-state index in [1.165, 1.54) is 49.8 Å². The van der Waals surface area contributed by atoms with Crippen LogP contribution in [0.15, 0.2) is 0 Å². The number of likely N-dealkylation sites (tertiary alicyclic amines) is 1. The van der Waals surface area contributed by atoms with Gasteiger partial charge in [0.25, 0.3) is 0 Å². The molecule has 0 saturated carbocycles. The van der Waals surface area contributed by atoms with Gasteiger partial charge in [-0.1, -0.05) is 6.92 Å². The maximum Gasteiger partial charge on any atom is 0.0833 e. The summed E-state index contributed by atoms with van der Waals surface area (Å²) in [6, 6.07) is 0.838. The summed E-state index contributed by atoms with van der Waals surface area (Å²) in [7, 11) is 0. The molecule has 0 radical (unpaired) electrons. The number of hydrogen-bond donors (Lipinski definition) is 0. The summed E-state index contributed by atoms with van der Waals surface area (Å²) in [6.45, 7) is 11.4. The van der Waals surface area contributed by atoms with Crippen molar-refractivity contribution in [3.63, 3.8) is 0 Å². The van der Waals surface area contributed by atoms with Crippen LogP contribution in [0.2, 0.25) is 0 Å². The summed E-state index contributed by atoms with van der Waals surface area (Å²) in [5.41, 5.74) is 0. The fourth-order valence-electron chi connectivity index (χ4n) is 2.59. The number of nitrogens with zero attached hydrogens (tertiary/aromatic N) is 1. The van der Waals surface area contributed by atoms with E-state index in [0.29, 0.717) is 0 Å². The monoisotopic (exact) mass is 170 g/mol. The Morgan fingerprint density at radius 1 is 1.08 bits per heavy atom. The third kappa shape index (κ3) is 2.01. The first-order chi connectivity index (χ1) is 5.71. The van der Waals surface area contributed by atoms with Gasteiger partial charge < -0.3 is 4.48 Å². The van der Waals surface area contributed by atoms with Crippen LogP contribution in [0.5, 0.6) is 0 Å². The third-order valence-electron chi connectivity index (χ3n) is 3.47. The lowest BCUT2D eigenvalue weighted by atomic mass is 10.0. The molecule has 0 aromatic carbocycles. The van der Waals surface area contributed by atoms with Gasteiger partial charge in [0, 0.05) is 0 Å². The molecule has 1 aliphatic rings. The molecule has 0 aromatic rings. The standard InChI is InChI=1S/C11H24N/c1-4-8-12(11(2)3)9-6-5-7-10-12/h11H,4-10H2,1-3H3/q+1. The van der Waals surface area contributed by atoms with Gasteiger partial charge in [-0.15, -0.1) is 0 Å². The molecular weight excluding hydrogens is 146 g/mol. The molecule has 1 saturated heterocycles. The number of rotatable bonds is 3. The van der Waals surface area contributed by atoms with Crippen molar-refractivity contribution in [3.8, 4) is 0 Å². The molecule has 12 heavy (non-hydrogen) atoms. The van der Waals surface area contributed by atoms with Gasteiger partial charge in [-0.3, -0.25) is 0 Å². The van der Waals surface area contributed by atoms with E-state index < -0.39 is 0 Å². The Balaban J connectivity index is 2.56. The smallest absolute Gasteiger partial charge is 0.0833 e. The van der Waals surface area contributed by atoms with E-state index in [0.717, 1.165) is 6.04 Å². The Morgan fingerprint density at radius 2 is 1.67 bits per heavy atom. The molecule has 1 nitrogen and oxygen atoms in total. The van der Waals surface area contributed by atoms with Crippen LogP contribution >= 0.6 is 0 Å². The van der Waals surface area contributed by atoms with Crippen LogP contribution < -0.4 is 0 Å². The Kier molecular flexibility index (Phi) is 3.57. The highest BCUT2D eigenvalue weighted by Gasteiger charge is 2.31. The first-order valence-electron chi connectivity index (χ1n) is 5.57. The average molecular weight is 170 g/mol. The zero-order valence-corrected chi connectivity index (χ0v) is 8.97. The van der Waals surface area contributed by atoms with Gasteiger partial charge in [-0.05, 0) is 39.5 Å². The number of quaternary nitrogens is 1. The first kappa shape index (κ1) is 10.0. The van der Waals surface area contributed by atoms with E-state index in [1.807, 2.05) is 0 Å². The Labute approximate surface area is 77.4 Å². The highest BCUT2D eigenvalue weighted by molar-refractivity contribution is 4.57. The lowest BCUT2D eigenvalue weighted by Crippen LogP contribution is -2.56. The van der Waals surface area contributed by atoms with Crippen molar-refractivity contribution in [2.24, 2.45) is 0 Å². The molecule has 1 aliphatic heterocycles. The second kappa shape index (κ2) is 4.27. The minimum absolute atomic E-state index is 0.838. The van der Waals surface area contributed by atoms with Gasteiger partial charge in [0.2, 0.25) is 0 Å². The lowest BCUT2D eigenvalue weighted by Gasteiger charge is -2.45. The maximum absolute atomic E-state index is 2.39. The molecular formula is C11H24N+. The molecule has 1 heterocycles. The third-order valence-corrected chi connectivity index (χ3v) is 3.47. The normalized spacial score (nSPS) is 23.0. The molecule has 0 N–H and O–H groups in total. The summed E-state index contributed by atoms with van der Waals surface area (Å²) in [5, 5.41) is 0. The zero-order valence-electron chi connectivity index (χ0n) is 8.97. The van der Waals surface area contributed by atoms with E-state index in [-0.39, 0.29) is 0 Å². The molecule has 0 aromatic heterocycles. The second-order valence-corrected chi connectivity index (χ2v) is 4.54. The van der Waals surface area contributed by atoms with Gasteiger partial charge in [0.05, 0.1) is 25.7 Å². The van der Waals surface area contributed by atoms with E-state index >= 15 is 0 Å². The van der Waals surface area contributed by atoms with E-state index in [4.69, 9.17) is 0 Å². The summed E-state index contributed by atoms with van der Waals surface area (Å²) >= 11 is 0. The first-order valence-corrected chi connectivity index (χ1v) is 5.57. The van der Waals surface area contributed by atoms with Crippen LogP contribution in [0.1, 0.15) is 46.5 Å².